The van der Waals surface area contributed by atoms with Crippen molar-refractivity contribution in [2.45, 2.75) is 24.8 Å². The highest BCUT2D eigenvalue weighted by molar-refractivity contribution is 7.98. The van der Waals surface area contributed by atoms with Crippen LogP contribution in [0.1, 0.15) is 38.1 Å². The van der Waals surface area contributed by atoms with Crippen molar-refractivity contribution < 1.29 is 19.1 Å². The standard InChI is InChI=1S/C19H20N2O4S2/c1-11(22)21-9-8-14-15(10-21)27-18(16(14)19(24)25-2)20-17(23)12-4-6-13(26-3)7-5-12/h4-7H,8-10H2,1-3H3,(H,20,23). The largest absolute Gasteiger partial charge is 0.465 e. The van der Waals surface area contributed by atoms with Crippen LogP contribution in [-0.4, -0.2) is 42.6 Å². The van der Waals surface area contributed by atoms with Crippen LogP contribution >= 0.6 is 23.1 Å². The number of thiophene rings is 1. The first-order valence-corrected chi connectivity index (χ1v) is 10.4. The predicted molar refractivity (Wildman–Crippen MR) is 107 cm³/mol. The molecular formula is C19H20N2O4S2. The maximum absolute atomic E-state index is 12.6. The van der Waals surface area contributed by atoms with Gasteiger partial charge in [0, 0.05) is 28.8 Å². The molecule has 2 amide bonds. The topological polar surface area (TPSA) is 75.7 Å². The Bertz CT molecular complexity index is 890. The minimum Gasteiger partial charge on any atom is -0.465 e. The lowest BCUT2D eigenvalue weighted by Gasteiger charge is -2.25. The second kappa shape index (κ2) is 8.14. The molecule has 142 valence electrons. The van der Waals surface area contributed by atoms with Gasteiger partial charge in [-0.3, -0.25) is 9.59 Å². The zero-order valence-electron chi connectivity index (χ0n) is 15.3. The van der Waals surface area contributed by atoms with Crippen molar-refractivity contribution in [3.8, 4) is 0 Å². The Hall–Kier alpha value is -2.32. The second-order valence-electron chi connectivity index (χ2n) is 6.07. The third-order valence-corrected chi connectivity index (χ3v) is 6.35. The lowest BCUT2D eigenvalue weighted by Crippen LogP contribution is -2.33. The van der Waals surface area contributed by atoms with Crippen LogP contribution in [0.2, 0.25) is 0 Å². The third kappa shape index (κ3) is 4.01. The molecule has 1 aliphatic heterocycles. The Morgan fingerprint density at radius 3 is 2.52 bits per heavy atom. The summed E-state index contributed by atoms with van der Waals surface area (Å²) in [4.78, 5) is 40.3. The van der Waals surface area contributed by atoms with Crippen LogP contribution < -0.4 is 5.32 Å². The number of fused-ring (bicyclic) bond motifs is 1. The summed E-state index contributed by atoms with van der Waals surface area (Å²) in [5, 5.41) is 3.32. The van der Waals surface area contributed by atoms with E-state index < -0.39 is 5.97 Å². The van der Waals surface area contributed by atoms with Crippen molar-refractivity contribution >= 4 is 45.9 Å². The van der Waals surface area contributed by atoms with E-state index in [0.717, 1.165) is 15.3 Å². The first-order chi connectivity index (χ1) is 12.9. The number of methoxy groups -OCH3 is 1. The molecule has 6 nitrogen and oxygen atoms in total. The number of rotatable bonds is 4. The molecule has 0 spiro atoms. The van der Waals surface area contributed by atoms with Crippen LogP contribution in [0.4, 0.5) is 5.00 Å². The lowest BCUT2D eigenvalue weighted by atomic mass is 10.0. The van der Waals surface area contributed by atoms with Gasteiger partial charge in [0.25, 0.3) is 5.91 Å². The van der Waals surface area contributed by atoms with Crippen LogP contribution in [0.5, 0.6) is 0 Å². The molecule has 0 unspecified atom stereocenters. The Morgan fingerprint density at radius 1 is 1.22 bits per heavy atom. The normalized spacial score (nSPS) is 13.1. The zero-order chi connectivity index (χ0) is 19.6. The Morgan fingerprint density at radius 2 is 1.93 bits per heavy atom. The van der Waals surface area contributed by atoms with Gasteiger partial charge >= 0.3 is 5.97 Å². The van der Waals surface area contributed by atoms with Crippen molar-refractivity contribution in [1.82, 2.24) is 4.90 Å². The molecular weight excluding hydrogens is 384 g/mol. The van der Waals surface area contributed by atoms with Crippen LogP contribution in [0, 0.1) is 0 Å². The fraction of sp³-hybridized carbons (Fsp3) is 0.316. The molecule has 0 bridgehead atoms. The molecule has 3 rings (SSSR count). The number of ether oxygens (including phenoxy) is 1. The fourth-order valence-corrected chi connectivity index (χ4v) is 4.65. The minimum absolute atomic E-state index is 0.00635. The summed E-state index contributed by atoms with van der Waals surface area (Å²) in [5.74, 6) is -0.764. The van der Waals surface area contributed by atoms with Crippen molar-refractivity contribution in [3.63, 3.8) is 0 Å². The van der Waals surface area contributed by atoms with Crippen molar-refractivity contribution in [2.24, 2.45) is 0 Å². The van der Waals surface area contributed by atoms with Gasteiger partial charge in [-0.05, 0) is 42.5 Å². The number of anilines is 1. The van der Waals surface area contributed by atoms with E-state index in [4.69, 9.17) is 4.74 Å². The summed E-state index contributed by atoms with van der Waals surface area (Å²) in [5.41, 5.74) is 1.77. The number of benzene rings is 1. The SMILES string of the molecule is COC(=O)c1c(NC(=O)c2ccc(SC)cc2)sc2c1CCN(C(C)=O)C2. The average Bonchev–Trinajstić information content (AvgIpc) is 3.04. The Labute approximate surface area is 165 Å². The molecule has 0 saturated carbocycles. The number of esters is 1. The highest BCUT2D eigenvalue weighted by Gasteiger charge is 2.30. The zero-order valence-corrected chi connectivity index (χ0v) is 17.0. The van der Waals surface area contributed by atoms with Gasteiger partial charge in [0.05, 0.1) is 19.2 Å². The van der Waals surface area contributed by atoms with Gasteiger partial charge in [0.2, 0.25) is 5.91 Å². The summed E-state index contributed by atoms with van der Waals surface area (Å²) < 4.78 is 4.93. The Balaban J connectivity index is 1.91. The first-order valence-electron chi connectivity index (χ1n) is 8.38. The van der Waals surface area contributed by atoms with E-state index in [-0.39, 0.29) is 11.8 Å². The molecule has 1 N–H and O–H groups in total. The monoisotopic (exact) mass is 404 g/mol. The molecule has 1 aromatic heterocycles. The molecule has 27 heavy (non-hydrogen) atoms. The fourth-order valence-electron chi connectivity index (χ4n) is 3.00. The molecule has 0 aliphatic carbocycles. The molecule has 2 aromatic rings. The van der Waals surface area contributed by atoms with Crippen LogP contribution in [0.3, 0.4) is 0 Å². The number of carbonyl (C=O) groups excluding carboxylic acids is 3. The number of nitrogens with zero attached hydrogens (tertiary/aromatic N) is 1. The van der Waals surface area contributed by atoms with Gasteiger partial charge in [-0.1, -0.05) is 0 Å². The van der Waals surface area contributed by atoms with E-state index >= 15 is 0 Å². The number of hydrogen-bond acceptors (Lipinski definition) is 6. The number of nitrogens with one attached hydrogen (secondary N) is 1. The van der Waals surface area contributed by atoms with E-state index in [0.29, 0.717) is 35.6 Å². The first kappa shape index (κ1) is 19.4. The maximum Gasteiger partial charge on any atom is 0.341 e. The van der Waals surface area contributed by atoms with Gasteiger partial charge in [-0.15, -0.1) is 23.1 Å². The average molecular weight is 405 g/mol. The van der Waals surface area contributed by atoms with Gasteiger partial charge < -0.3 is 15.0 Å². The van der Waals surface area contributed by atoms with Crippen molar-refractivity contribution in [2.75, 3.05) is 25.2 Å². The number of amides is 2. The van der Waals surface area contributed by atoms with Gasteiger partial charge in [0.15, 0.2) is 0 Å². The molecule has 2 heterocycles. The third-order valence-electron chi connectivity index (χ3n) is 4.47. The maximum atomic E-state index is 12.6. The molecule has 8 heteroatoms. The van der Waals surface area contributed by atoms with Gasteiger partial charge in [-0.25, -0.2) is 4.79 Å². The van der Waals surface area contributed by atoms with E-state index in [2.05, 4.69) is 5.32 Å². The van der Waals surface area contributed by atoms with E-state index in [1.807, 2.05) is 18.4 Å². The summed E-state index contributed by atoms with van der Waals surface area (Å²) in [7, 11) is 1.32. The highest BCUT2D eigenvalue weighted by atomic mass is 32.2. The molecule has 1 aliphatic rings. The van der Waals surface area contributed by atoms with Gasteiger partial charge in [0.1, 0.15) is 5.00 Å². The van der Waals surface area contributed by atoms with E-state index in [9.17, 15) is 14.4 Å². The minimum atomic E-state index is -0.475. The van der Waals surface area contributed by atoms with Gasteiger partial charge in [-0.2, -0.15) is 0 Å². The van der Waals surface area contributed by atoms with Crippen molar-refractivity contribution in [3.05, 3.63) is 45.8 Å². The number of thioether (sulfide) groups is 1. The summed E-state index contributed by atoms with van der Waals surface area (Å²) >= 11 is 2.93. The molecule has 0 fully saturated rings. The quantitative estimate of drug-likeness (QED) is 0.624. The molecule has 0 radical (unpaired) electrons. The summed E-state index contributed by atoms with van der Waals surface area (Å²) in [6, 6.07) is 7.27. The number of hydrogen-bond donors (Lipinski definition) is 1. The van der Waals surface area contributed by atoms with Crippen LogP contribution in [-0.2, 0) is 22.5 Å². The summed E-state index contributed by atoms with van der Waals surface area (Å²) in [6.07, 6.45) is 2.53. The molecule has 0 saturated heterocycles. The van der Waals surface area contributed by atoms with Crippen molar-refractivity contribution in [1.29, 1.82) is 0 Å². The molecule has 1 aromatic carbocycles. The highest BCUT2D eigenvalue weighted by Crippen LogP contribution is 2.38. The molecule has 0 atom stereocenters. The predicted octanol–water partition coefficient (Wildman–Crippen LogP) is 3.41. The smallest absolute Gasteiger partial charge is 0.341 e. The van der Waals surface area contributed by atoms with E-state index in [1.165, 1.54) is 25.4 Å². The number of carbonyl (C=O) groups is 3. The summed E-state index contributed by atoms with van der Waals surface area (Å²) in [6.45, 7) is 2.52. The lowest BCUT2D eigenvalue weighted by molar-refractivity contribution is -0.129. The van der Waals surface area contributed by atoms with Crippen LogP contribution in [0.15, 0.2) is 29.2 Å². The van der Waals surface area contributed by atoms with E-state index in [1.54, 1.807) is 28.8 Å². The Kier molecular flexibility index (Phi) is 5.86. The second-order valence-corrected chi connectivity index (χ2v) is 8.06. The van der Waals surface area contributed by atoms with Crippen LogP contribution in [0.25, 0.3) is 0 Å².